The third-order valence-electron chi connectivity index (χ3n) is 16.4. The number of nitrogens with one attached hydrogen (secondary N) is 9. The molecule has 2 fully saturated rings. The van der Waals surface area contributed by atoms with Crippen LogP contribution in [0.2, 0.25) is 0 Å². The van der Waals surface area contributed by atoms with Gasteiger partial charge in [-0.1, -0.05) is 62.7 Å². The third kappa shape index (κ3) is 27.4. The number of thioether (sulfide) groups is 2. The quantitative estimate of drug-likeness (QED) is 0.0229. The number of carbonyl (C=O) groups is 11. The SMILES string of the molecule is CC[C@H](C)[C@@H]1NC(=O)[C@H](CCCN=C(N)N)NC(=O)[C@H](CCCN=C(N)N)NC(=O)[C@H](NC(=O)[C@H](Cc2ccccc2)NC(=O)CNC(=O)CNC(=O)[C@@H](N)Cc2ccc(O)cc2)C(C)(C)SCCSC(C)(C)[C@H](C(N)=O)NC(=O)[C@@H]2CCCN2C(=O)[C@H](CCCN=C(N)N)NC1=O. The van der Waals surface area contributed by atoms with Crippen molar-refractivity contribution in [2.24, 2.45) is 66.8 Å². The van der Waals surface area contributed by atoms with Crippen molar-refractivity contribution in [3.05, 3.63) is 65.7 Å². The number of nitrogens with zero attached hydrogens (tertiary/aromatic N) is 4. The van der Waals surface area contributed by atoms with Crippen molar-refractivity contribution >= 4 is 106 Å². The molecule has 33 nitrogen and oxygen atoms in total. The van der Waals surface area contributed by atoms with Gasteiger partial charge in [0.2, 0.25) is 65.0 Å². The second-order valence-electron chi connectivity index (χ2n) is 25.1. The molecule has 98 heavy (non-hydrogen) atoms. The maximum Gasteiger partial charge on any atom is 0.245 e. The number of aromatic hydroxyl groups is 1. The summed E-state index contributed by atoms with van der Waals surface area (Å²) in [5.74, 6) is -9.55. The van der Waals surface area contributed by atoms with Gasteiger partial charge in [-0.05, 0) is 115 Å². The number of benzene rings is 2. The van der Waals surface area contributed by atoms with Crippen LogP contribution >= 0.6 is 23.5 Å². The van der Waals surface area contributed by atoms with Gasteiger partial charge in [0.1, 0.15) is 54.1 Å². The topological polar surface area (TPSA) is 565 Å². The van der Waals surface area contributed by atoms with Crippen molar-refractivity contribution in [1.29, 1.82) is 0 Å². The van der Waals surface area contributed by atoms with E-state index in [2.05, 4.69) is 62.8 Å². The van der Waals surface area contributed by atoms with Crippen LogP contribution in [0.15, 0.2) is 69.6 Å². The van der Waals surface area contributed by atoms with Crippen molar-refractivity contribution in [2.45, 2.75) is 176 Å². The standard InChI is InChI=1S/C63H101N21O12S2/c1-7-35(2)47-56(94)80-42(19-13-27-74-61(70)71)58(96)84-28-14-20-44(84)55(93)82-48(50(65)88)62(3,4)97-29-30-98-63(5,6)49(57(95)79-40(17-11-25-72-59(66)67)52(90)78-41(53(91)81-47)18-12-26-73-60(68)69)83-54(92)43(32-36-15-9-8-10-16-36)77-46(87)34-75-45(86)33-76-51(89)39(64)31-37-21-23-38(85)24-22-37/h8-10,15-16,21-24,35,39-44,47-49,85H,7,11-14,17-20,25-34,64H2,1-6H3,(H2,65,88)(H,75,86)(H,76,89)(H,77,87)(H,78,90)(H,79,95)(H,80,94)(H,81,91)(H,82,93)(H,83,92)(H4,66,67,72)(H4,68,69,73)(H4,70,71,74)/t35-,39-,40-,41-,42-,43-,44-,47-,48-,49-/m0/s1. The Labute approximate surface area is 579 Å². The number of carbonyl (C=O) groups excluding carboxylic acids is 11. The zero-order valence-electron chi connectivity index (χ0n) is 56.6. The van der Waals surface area contributed by atoms with Gasteiger partial charge in [0.05, 0.1) is 19.1 Å². The van der Waals surface area contributed by atoms with Crippen LogP contribution < -0.4 is 93.7 Å². The first kappa shape index (κ1) is 81.3. The predicted octanol–water partition coefficient (Wildman–Crippen LogP) is -4.15. The molecule has 542 valence electrons. The lowest BCUT2D eigenvalue weighted by Crippen LogP contribution is -2.63. The summed E-state index contributed by atoms with van der Waals surface area (Å²) >= 11 is 2.47. The highest BCUT2D eigenvalue weighted by atomic mass is 32.2. The second kappa shape index (κ2) is 39.9. The Hall–Kier alpha value is -9.12. The Balaban J connectivity index is 1.80. The molecule has 0 spiro atoms. The highest BCUT2D eigenvalue weighted by Crippen LogP contribution is 2.34. The molecule has 35 heteroatoms. The fourth-order valence-corrected chi connectivity index (χ4v) is 13.2. The fraction of sp³-hybridized carbons (Fsp3) is 0.587. The summed E-state index contributed by atoms with van der Waals surface area (Å²) in [5, 5.41) is 33.9. The van der Waals surface area contributed by atoms with E-state index in [9.17, 15) is 53.1 Å². The van der Waals surface area contributed by atoms with Gasteiger partial charge in [-0.3, -0.25) is 67.7 Å². The molecule has 0 bridgehead atoms. The van der Waals surface area contributed by atoms with E-state index in [1.807, 2.05) is 0 Å². The van der Waals surface area contributed by atoms with Gasteiger partial charge in [-0.15, -0.1) is 0 Å². The van der Waals surface area contributed by atoms with E-state index >= 15 is 4.79 Å². The lowest BCUT2D eigenvalue weighted by atomic mass is 9.96. The molecule has 0 aromatic heterocycles. The number of primary amides is 1. The molecule has 26 N–H and O–H groups in total. The molecule has 10 atom stereocenters. The van der Waals surface area contributed by atoms with Crippen LogP contribution in [-0.2, 0) is 65.6 Å². The number of hydrogen-bond donors (Lipinski definition) is 18. The minimum atomic E-state index is -1.56. The first-order chi connectivity index (χ1) is 46.2. The fourth-order valence-electron chi connectivity index (χ4n) is 10.8. The van der Waals surface area contributed by atoms with Crippen LogP contribution in [0.3, 0.4) is 0 Å². The number of phenols is 1. The summed E-state index contributed by atoms with van der Waals surface area (Å²) < 4.78 is -2.43. The number of guanidine groups is 3. The molecular formula is C63H101N21O12S2. The van der Waals surface area contributed by atoms with E-state index in [-0.39, 0.29) is 119 Å². The largest absolute Gasteiger partial charge is 0.508 e. The molecule has 0 unspecified atom stereocenters. The molecule has 0 aliphatic carbocycles. The number of nitrogens with two attached hydrogens (primary N) is 8. The monoisotopic (exact) mass is 1410 g/mol. The smallest absolute Gasteiger partial charge is 0.245 e. The first-order valence-corrected chi connectivity index (χ1v) is 34.5. The molecule has 2 aromatic rings. The number of aliphatic imine (C=N–C) groups is 3. The summed E-state index contributed by atoms with van der Waals surface area (Å²) in [6, 6.07) is 2.65. The number of amides is 11. The summed E-state index contributed by atoms with van der Waals surface area (Å²) in [5.41, 5.74) is 47.1. The lowest BCUT2D eigenvalue weighted by Gasteiger charge is -2.36. The molecule has 2 aromatic carbocycles. The van der Waals surface area contributed by atoms with Gasteiger partial charge in [0, 0.05) is 53.6 Å². The number of fused-ring (bicyclic) bond motifs is 1. The van der Waals surface area contributed by atoms with Crippen LogP contribution in [0, 0.1) is 5.92 Å². The van der Waals surface area contributed by atoms with E-state index < -0.39 is 148 Å². The average Bonchev–Trinajstić information content (AvgIpc) is 1.45. The van der Waals surface area contributed by atoms with E-state index in [0.29, 0.717) is 24.0 Å². The molecular weight excluding hydrogens is 1310 g/mol. The van der Waals surface area contributed by atoms with Gasteiger partial charge in [-0.25, -0.2) is 0 Å². The predicted molar refractivity (Wildman–Crippen MR) is 376 cm³/mol. The van der Waals surface area contributed by atoms with E-state index in [1.54, 1.807) is 84.0 Å². The maximum atomic E-state index is 15.4. The minimum absolute atomic E-state index is 0.00257. The Bertz CT molecular complexity index is 3150. The van der Waals surface area contributed by atoms with Crippen molar-refractivity contribution in [1.82, 2.24) is 52.8 Å². The molecule has 2 heterocycles. The van der Waals surface area contributed by atoms with Gasteiger partial charge < -0.3 is 104 Å². The number of rotatable bonds is 27. The molecule has 2 aliphatic heterocycles. The van der Waals surface area contributed by atoms with Crippen molar-refractivity contribution < 1.29 is 57.8 Å². The normalized spacial score (nSPS) is 22.1. The summed E-state index contributed by atoms with van der Waals surface area (Å²) in [6.45, 7) is 9.14. The highest BCUT2D eigenvalue weighted by molar-refractivity contribution is 8.04. The molecule has 2 aliphatic rings. The van der Waals surface area contributed by atoms with E-state index in [1.165, 1.54) is 40.6 Å². The second-order valence-corrected chi connectivity index (χ2v) is 28.6. The molecule has 4 rings (SSSR count). The van der Waals surface area contributed by atoms with Gasteiger partial charge in [0.25, 0.3) is 0 Å². The van der Waals surface area contributed by atoms with Crippen LogP contribution in [0.1, 0.15) is 110 Å². The van der Waals surface area contributed by atoms with Crippen LogP contribution in [0.25, 0.3) is 0 Å². The van der Waals surface area contributed by atoms with Crippen molar-refractivity contribution in [3.63, 3.8) is 0 Å². The van der Waals surface area contributed by atoms with Crippen molar-refractivity contribution in [2.75, 3.05) is 50.8 Å². The van der Waals surface area contributed by atoms with Crippen molar-refractivity contribution in [3.8, 4) is 5.75 Å². The number of phenolic OH excluding ortho intramolecular Hbond substituents is 1. The molecule has 11 amide bonds. The third-order valence-corrected chi connectivity index (χ3v) is 19.5. The summed E-state index contributed by atoms with van der Waals surface area (Å²) in [6.07, 6.45) is 0.952. The Morgan fingerprint density at radius 1 is 0.622 bits per heavy atom. The van der Waals surface area contributed by atoms with Crippen LogP contribution in [0.4, 0.5) is 0 Å². The van der Waals surface area contributed by atoms with Crippen LogP contribution in [0.5, 0.6) is 5.75 Å². The van der Waals surface area contributed by atoms with E-state index in [4.69, 9.17) is 45.9 Å². The minimum Gasteiger partial charge on any atom is -0.508 e. The highest BCUT2D eigenvalue weighted by Gasteiger charge is 2.45. The average molecular weight is 1410 g/mol. The Kier molecular flexibility index (Phi) is 33.1. The zero-order chi connectivity index (χ0) is 72.9. The maximum absolute atomic E-state index is 15.4. The van der Waals surface area contributed by atoms with Gasteiger partial charge in [-0.2, -0.15) is 23.5 Å². The lowest BCUT2D eigenvalue weighted by molar-refractivity contribution is -0.143. The van der Waals surface area contributed by atoms with Gasteiger partial charge >= 0.3 is 0 Å². The molecule has 2 saturated heterocycles. The number of hydrogen-bond acceptors (Lipinski definition) is 18. The Morgan fingerprint density at radius 3 is 1.68 bits per heavy atom. The van der Waals surface area contributed by atoms with E-state index in [0.717, 1.165) is 0 Å². The van der Waals surface area contributed by atoms with Crippen LogP contribution in [-0.4, -0.2) is 208 Å². The summed E-state index contributed by atoms with van der Waals surface area (Å²) in [4.78, 5) is 171. The molecule has 0 saturated carbocycles. The summed E-state index contributed by atoms with van der Waals surface area (Å²) in [7, 11) is 0. The zero-order valence-corrected chi connectivity index (χ0v) is 58.2. The van der Waals surface area contributed by atoms with Gasteiger partial charge in [0.15, 0.2) is 17.9 Å². The first-order valence-electron chi connectivity index (χ1n) is 32.5. The molecule has 0 radical (unpaired) electrons. The Morgan fingerprint density at radius 2 is 1.13 bits per heavy atom.